The Morgan fingerprint density at radius 2 is 1.12 bits per heavy atom. The molecule has 1 aliphatic carbocycles. The predicted molar refractivity (Wildman–Crippen MR) is 143 cm³/mol. The van der Waals surface area contributed by atoms with Gasteiger partial charge >= 0.3 is 5.97 Å². The fourth-order valence-electron chi connectivity index (χ4n) is 5.26. The first-order valence-electron chi connectivity index (χ1n) is 14.9. The Morgan fingerprint density at radius 3 is 1.65 bits per heavy atom. The number of unbranched alkanes of at least 4 members (excludes halogenated alkanes) is 9. The first kappa shape index (κ1) is 35.3. The molecule has 0 radical (unpaired) electrons. The van der Waals surface area contributed by atoms with Gasteiger partial charge in [0.25, 0.3) is 0 Å². The van der Waals surface area contributed by atoms with Gasteiger partial charge in [0.15, 0.2) is 12.4 Å². The molecule has 11 atom stereocenters. The van der Waals surface area contributed by atoms with Gasteiger partial charge in [0.2, 0.25) is 0 Å². The van der Waals surface area contributed by atoms with Crippen LogP contribution in [-0.2, 0) is 19.0 Å². The number of esters is 1. The van der Waals surface area contributed by atoms with Gasteiger partial charge in [0.1, 0.15) is 54.9 Å². The SMILES string of the molecule is CC(C)CCCCCCCCCCCCC(=O)O[C@@H]1[C@@H](O)[C@@H](O)[C@@H](O)[C@@H](O)[C@H]1O[C@@H]1O[C@H](CO)[C@@H](O)[C@H](O)[C@H]1O. The van der Waals surface area contributed by atoms with Crippen LogP contribution in [0.15, 0.2) is 0 Å². The molecule has 1 saturated heterocycles. The van der Waals surface area contributed by atoms with Crippen LogP contribution in [0.3, 0.4) is 0 Å². The van der Waals surface area contributed by atoms with Crippen LogP contribution >= 0.6 is 0 Å². The van der Waals surface area contributed by atoms with Gasteiger partial charge in [-0.15, -0.1) is 0 Å². The summed E-state index contributed by atoms with van der Waals surface area (Å²) < 4.78 is 16.1. The molecule has 0 aromatic heterocycles. The number of aliphatic hydroxyl groups excluding tert-OH is 8. The first-order valence-corrected chi connectivity index (χ1v) is 14.9. The average molecular weight is 581 g/mol. The van der Waals surface area contributed by atoms with Crippen molar-refractivity contribution in [1.82, 2.24) is 0 Å². The van der Waals surface area contributed by atoms with Crippen LogP contribution < -0.4 is 0 Å². The zero-order valence-corrected chi connectivity index (χ0v) is 23.8. The maximum absolute atomic E-state index is 12.5. The maximum Gasteiger partial charge on any atom is 0.306 e. The summed E-state index contributed by atoms with van der Waals surface area (Å²) in [5.74, 6) is 0.0611. The second kappa shape index (κ2) is 17.9. The van der Waals surface area contributed by atoms with Crippen LogP contribution in [0.1, 0.15) is 90.9 Å². The zero-order chi connectivity index (χ0) is 29.8. The normalized spacial score (nSPS) is 36.6. The minimum absolute atomic E-state index is 0.0284. The van der Waals surface area contributed by atoms with E-state index in [0.717, 1.165) is 31.6 Å². The predicted octanol–water partition coefficient (Wildman–Crippen LogP) is -0.122. The van der Waals surface area contributed by atoms with Crippen molar-refractivity contribution in [3.63, 3.8) is 0 Å². The second-order valence-corrected chi connectivity index (χ2v) is 11.7. The van der Waals surface area contributed by atoms with E-state index in [1.807, 2.05) is 0 Å². The highest BCUT2D eigenvalue weighted by atomic mass is 16.7. The highest BCUT2D eigenvalue weighted by Gasteiger charge is 2.54. The molecule has 8 N–H and O–H groups in total. The molecule has 236 valence electrons. The molecule has 0 amide bonds. The third kappa shape index (κ3) is 10.4. The van der Waals surface area contributed by atoms with E-state index < -0.39 is 79.9 Å². The van der Waals surface area contributed by atoms with Crippen LogP contribution in [0.5, 0.6) is 0 Å². The van der Waals surface area contributed by atoms with Crippen LogP contribution in [0.2, 0.25) is 0 Å². The van der Waals surface area contributed by atoms with Gasteiger partial charge in [-0.25, -0.2) is 0 Å². The van der Waals surface area contributed by atoms with E-state index >= 15 is 0 Å². The summed E-state index contributed by atoms with van der Waals surface area (Å²) in [4.78, 5) is 12.5. The molecule has 2 rings (SSSR count). The molecule has 12 heteroatoms. The number of carbonyl (C=O) groups is 1. The minimum Gasteiger partial charge on any atom is -0.457 e. The zero-order valence-electron chi connectivity index (χ0n) is 23.8. The third-order valence-corrected chi connectivity index (χ3v) is 7.87. The summed E-state index contributed by atoms with van der Waals surface area (Å²) in [6.07, 6.45) is -6.81. The number of aliphatic hydroxyl groups is 8. The lowest BCUT2D eigenvalue weighted by Gasteiger charge is -2.46. The standard InChI is InChI=1S/C28H52O12/c1-16(2)13-11-9-7-5-3-4-6-8-10-12-14-18(30)39-26-23(35)21(33)22(34)24(36)27(26)40-28-25(37)20(32)19(31)17(15-29)38-28/h16-17,19-29,31-37H,3-15H2,1-2H3/t17-,19-,20+,21+,22-,23+,24-,25-,26-,27-,28+/m1/s1. The largest absolute Gasteiger partial charge is 0.457 e. The van der Waals surface area contributed by atoms with Crippen LogP contribution in [0.25, 0.3) is 0 Å². The van der Waals surface area contributed by atoms with Crippen LogP contribution in [0.4, 0.5) is 0 Å². The topological polar surface area (TPSA) is 207 Å². The number of carbonyl (C=O) groups excluding carboxylic acids is 1. The van der Waals surface area contributed by atoms with Crippen molar-refractivity contribution >= 4 is 5.97 Å². The summed E-state index contributed by atoms with van der Waals surface area (Å²) in [7, 11) is 0. The van der Waals surface area contributed by atoms with Crippen molar-refractivity contribution < 1.29 is 59.9 Å². The van der Waals surface area contributed by atoms with Crippen molar-refractivity contribution in [2.24, 2.45) is 5.92 Å². The summed E-state index contributed by atoms with van der Waals surface area (Å²) in [6.45, 7) is 3.77. The van der Waals surface area contributed by atoms with Crippen molar-refractivity contribution in [2.45, 2.75) is 158 Å². The molecule has 1 aliphatic heterocycles. The van der Waals surface area contributed by atoms with Crippen molar-refractivity contribution in [1.29, 1.82) is 0 Å². The lowest BCUT2D eigenvalue weighted by Crippen LogP contribution is -2.67. The Morgan fingerprint density at radius 1 is 0.650 bits per heavy atom. The number of ether oxygens (including phenoxy) is 3. The molecule has 12 nitrogen and oxygen atoms in total. The average Bonchev–Trinajstić information content (AvgIpc) is 2.92. The number of hydrogen-bond donors (Lipinski definition) is 8. The number of rotatable bonds is 17. The first-order chi connectivity index (χ1) is 19.0. The molecule has 0 spiro atoms. The molecule has 40 heavy (non-hydrogen) atoms. The highest BCUT2D eigenvalue weighted by molar-refractivity contribution is 5.69. The summed E-state index contributed by atoms with van der Waals surface area (Å²) >= 11 is 0. The molecule has 0 unspecified atom stereocenters. The van der Waals surface area contributed by atoms with E-state index in [0.29, 0.717) is 6.42 Å². The maximum atomic E-state index is 12.5. The van der Waals surface area contributed by atoms with Crippen LogP contribution in [-0.4, -0.2) is 121 Å². The third-order valence-electron chi connectivity index (χ3n) is 7.87. The van der Waals surface area contributed by atoms with Gasteiger partial charge in [-0.1, -0.05) is 78.1 Å². The fourth-order valence-corrected chi connectivity index (χ4v) is 5.26. The lowest BCUT2D eigenvalue weighted by atomic mass is 9.84. The molecule has 2 aliphatic rings. The van der Waals surface area contributed by atoms with Gasteiger partial charge in [-0.05, 0) is 12.3 Å². The van der Waals surface area contributed by atoms with E-state index in [1.54, 1.807) is 0 Å². The molecule has 2 fully saturated rings. The molecule has 1 saturated carbocycles. The van der Waals surface area contributed by atoms with Gasteiger partial charge < -0.3 is 55.1 Å². The molecular weight excluding hydrogens is 528 g/mol. The van der Waals surface area contributed by atoms with E-state index in [-0.39, 0.29) is 6.42 Å². The Hall–Kier alpha value is -0.930. The van der Waals surface area contributed by atoms with Crippen molar-refractivity contribution in [2.75, 3.05) is 6.61 Å². The molecule has 0 bridgehead atoms. The Balaban J connectivity index is 1.79. The summed E-state index contributed by atoms with van der Waals surface area (Å²) in [5.41, 5.74) is 0. The van der Waals surface area contributed by atoms with E-state index in [4.69, 9.17) is 14.2 Å². The van der Waals surface area contributed by atoms with Gasteiger partial charge in [-0.2, -0.15) is 0 Å². The summed E-state index contributed by atoms with van der Waals surface area (Å²) in [5, 5.41) is 80.9. The fraction of sp³-hybridized carbons (Fsp3) is 0.964. The second-order valence-electron chi connectivity index (χ2n) is 11.7. The molecular formula is C28H52O12. The number of hydrogen-bond acceptors (Lipinski definition) is 12. The summed E-state index contributed by atoms with van der Waals surface area (Å²) in [6, 6.07) is 0. The highest BCUT2D eigenvalue weighted by Crippen LogP contribution is 2.31. The van der Waals surface area contributed by atoms with E-state index in [2.05, 4.69) is 13.8 Å². The Kier molecular flexibility index (Phi) is 15.8. The molecule has 1 heterocycles. The lowest BCUT2D eigenvalue weighted by molar-refractivity contribution is -0.340. The molecule has 0 aromatic carbocycles. The molecule has 0 aromatic rings. The van der Waals surface area contributed by atoms with Gasteiger partial charge in [0.05, 0.1) is 6.61 Å². The van der Waals surface area contributed by atoms with E-state index in [1.165, 1.54) is 38.5 Å². The van der Waals surface area contributed by atoms with Crippen molar-refractivity contribution in [3.8, 4) is 0 Å². The van der Waals surface area contributed by atoms with Gasteiger partial charge in [0, 0.05) is 6.42 Å². The smallest absolute Gasteiger partial charge is 0.306 e. The minimum atomic E-state index is -1.88. The monoisotopic (exact) mass is 580 g/mol. The Bertz CT molecular complexity index is 707. The van der Waals surface area contributed by atoms with E-state index in [9.17, 15) is 45.6 Å². The van der Waals surface area contributed by atoms with Crippen LogP contribution in [0, 0.1) is 5.92 Å². The van der Waals surface area contributed by atoms with Gasteiger partial charge in [-0.3, -0.25) is 4.79 Å². The Labute approximate surface area is 236 Å². The van der Waals surface area contributed by atoms with Crippen molar-refractivity contribution in [3.05, 3.63) is 0 Å². The quantitative estimate of drug-likeness (QED) is 0.0837.